The van der Waals surface area contributed by atoms with Gasteiger partial charge < -0.3 is 10.4 Å². The number of nitrogens with one attached hydrogen (secondary N) is 1. The van der Waals surface area contributed by atoms with Gasteiger partial charge in [0.05, 0.1) is 22.1 Å². The topological polar surface area (TPSA) is 45.1 Å². The zero-order valence-electron chi connectivity index (χ0n) is 9.90. The number of thiazole rings is 1. The SMILES string of the molecule is CC(C)CC(O)CNC(C)c1ncc(Br)s1. The molecule has 0 radical (unpaired) electrons. The van der Waals surface area contributed by atoms with Crippen LogP contribution in [0.2, 0.25) is 0 Å². The molecule has 2 atom stereocenters. The molecule has 0 aliphatic carbocycles. The van der Waals surface area contributed by atoms with Gasteiger partial charge in [0.1, 0.15) is 5.01 Å². The largest absolute Gasteiger partial charge is 0.392 e. The Labute approximate surface area is 109 Å². The Morgan fingerprint density at radius 1 is 1.50 bits per heavy atom. The number of hydrogen-bond acceptors (Lipinski definition) is 4. The Bertz CT molecular complexity index is 317. The predicted molar refractivity (Wildman–Crippen MR) is 71.7 cm³/mol. The minimum absolute atomic E-state index is 0.193. The van der Waals surface area contributed by atoms with Gasteiger partial charge in [-0.15, -0.1) is 11.3 Å². The highest BCUT2D eigenvalue weighted by molar-refractivity contribution is 9.11. The summed E-state index contributed by atoms with van der Waals surface area (Å²) in [6.45, 7) is 6.92. The van der Waals surface area contributed by atoms with Crippen molar-refractivity contribution in [2.45, 2.75) is 39.3 Å². The lowest BCUT2D eigenvalue weighted by atomic mass is 10.1. The van der Waals surface area contributed by atoms with E-state index < -0.39 is 0 Å². The maximum Gasteiger partial charge on any atom is 0.110 e. The predicted octanol–water partition coefficient (Wildman–Crippen LogP) is 2.96. The molecule has 5 heteroatoms. The molecule has 1 aromatic heterocycles. The fourth-order valence-corrected chi connectivity index (χ4v) is 2.77. The van der Waals surface area contributed by atoms with E-state index in [0.29, 0.717) is 12.5 Å². The maximum atomic E-state index is 9.73. The molecule has 0 bridgehead atoms. The maximum absolute atomic E-state index is 9.73. The first-order valence-corrected chi connectivity index (χ1v) is 7.12. The molecule has 0 aliphatic heterocycles. The van der Waals surface area contributed by atoms with Crippen molar-refractivity contribution < 1.29 is 5.11 Å². The number of aliphatic hydroxyl groups excluding tert-OH is 1. The molecule has 0 aromatic carbocycles. The Hall–Kier alpha value is 0.0300. The van der Waals surface area contributed by atoms with Gasteiger partial charge in [0.15, 0.2) is 0 Å². The fourth-order valence-electron chi connectivity index (χ4n) is 1.49. The van der Waals surface area contributed by atoms with E-state index >= 15 is 0 Å². The van der Waals surface area contributed by atoms with Crippen molar-refractivity contribution in [1.29, 1.82) is 0 Å². The molecule has 0 saturated carbocycles. The Morgan fingerprint density at radius 3 is 2.69 bits per heavy atom. The van der Waals surface area contributed by atoms with Gasteiger partial charge in [-0.3, -0.25) is 0 Å². The summed E-state index contributed by atoms with van der Waals surface area (Å²) in [5.74, 6) is 0.529. The molecule has 2 unspecified atom stereocenters. The number of hydrogen-bond donors (Lipinski definition) is 2. The van der Waals surface area contributed by atoms with Crippen LogP contribution in [0.3, 0.4) is 0 Å². The number of halogens is 1. The van der Waals surface area contributed by atoms with Crippen LogP contribution in [0, 0.1) is 5.92 Å². The second kappa shape index (κ2) is 6.69. The summed E-state index contributed by atoms with van der Waals surface area (Å²) >= 11 is 5.01. The molecule has 0 spiro atoms. The van der Waals surface area contributed by atoms with Crippen molar-refractivity contribution in [3.63, 3.8) is 0 Å². The van der Waals surface area contributed by atoms with Crippen molar-refractivity contribution >= 4 is 27.3 Å². The standard InChI is InChI=1S/C11H19BrN2OS/c1-7(2)4-9(15)5-13-8(3)11-14-6-10(12)16-11/h6-9,13,15H,4-5H2,1-3H3. The van der Waals surface area contributed by atoms with E-state index in [1.54, 1.807) is 11.3 Å². The first kappa shape index (κ1) is 14.1. The van der Waals surface area contributed by atoms with E-state index in [1.807, 2.05) is 6.20 Å². The van der Waals surface area contributed by atoms with Crippen LogP contribution >= 0.6 is 27.3 Å². The lowest BCUT2D eigenvalue weighted by Gasteiger charge is -2.16. The first-order valence-electron chi connectivity index (χ1n) is 5.51. The van der Waals surface area contributed by atoms with Crippen LogP contribution < -0.4 is 5.32 Å². The summed E-state index contributed by atoms with van der Waals surface area (Å²) in [4.78, 5) is 4.28. The molecule has 92 valence electrons. The smallest absolute Gasteiger partial charge is 0.110 e. The van der Waals surface area contributed by atoms with Crippen LogP contribution in [0.1, 0.15) is 38.2 Å². The summed E-state index contributed by atoms with van der Waals surface area (Å²) in [5.41, 5.74) is 0. The normalized spacial score (nSPS) is 15.4. The summed E-state index contributed by atoms with van der Waals surface area (Å²) in [6, 6.07) is 0.193. The second-order valence-corrected chi connectivity index (χ2v) is 6.86. The van der Waals surface area contributed by atoms with Crippen molar-refractivity contribution in [2.75, 3.05) is 6.54 Å². The van der Waals surface area contributed by atoms with E-state index in [1.165, 1.54) is 0 Å². The van der Waals surface area contributed by atoms with Crippen LogP contribution in [0.4, 0.5) is 0 Å². The zero-order chi connectivity index (χ0) is 12.1. The van der Waals surface area contributed by atoms with E-state index in [0.717, 1.165) is 15.2 Å². The molecule has 2 N–H and O–H groups in total. The van der Waals surface area contributed by atoms with Gasteiger partial charge in [-0.2, -0.15) is 0 Å². The Balaban J connectivity index is 2.32. The van der Waals surface area contributed by atoms with E-state index in [4.69, 9.17) is 0 Å². The van der Waals surface area contributed by atoms with Gasteiger partial charge in [0, 0.05) is 6.54 Å². The zero-order valence-corrected chi connectivity index (χ0v) is 12.3. The highest BCUT2D eigenvalue weighted by atomic mass is 79.9. The second-order valence-electron chi connectivity index (χ2n) is 4.42. The van der Waals surface area contributed by atoms with Gasteiger partial charge in [-0.25, -0.2) is 4.98 Å². The third-order valence-electron chi connectivity index (χ3n) is 2.27. The lowest BCUT2D eigenvalue weighted by molar-refractivity contribution is 0.143. The van der Waals surface area contributed by atoms with Crippen molar-refractivity contribution in [3.8, 4) is 0 Å². The summed E-state index contributed by atoms with van der Waals surface area (Å²) < 4.78 is 1.04. The molecule has 0 amide bonds. The average Bonchev–Trinajstić information content (AvgIpc) is 2.60. The Kier molecular flexibility index (Phi) is 5.89. The third-order valence-corrected chi connectivity index (χ3v) is 3.93. The number of aliphatic hydroxyl groups is 1. The highest BCUT2D eigenvalue weighted by Crippen LogP contribution is 2.24. The van der Waals surface area contributed by atoms with E-state index in [-0.39, 0.29) is 12.1 Å². The monoisotopic (exact) mass is 306 g/mol. The average molecular weight is 307 g/mol. The van der Waals surface area contributed by atoms with Crippen LogP contribution in [0.5, 0.6) is 0 Å². The Morgan fingerprint density at radius 2 is 2.19 bits per heavy atom. The molecule has 1 rings (SSSR count). The first-order chi connectivity index (χ1) is 7.49. The summed E-state index contributed by atoms with van der Waals surface area (Å²) in [7, 11) is 0. The molecular weight excluding hydrogens is 288 g/mol. The molecule has 3 nitrogen and oxygen atoms in total. The molecule has 0 saturated heterocycles. The third kappa shape index (κ3) is 4.91. The highest BCUT2D eigenvalue weighted by Gasteiger charge is 2.12. The van der Waals surface area contributed by atoms with Crippen LogP contribution in [0.25, 0.3) is 0 Å². The van der Waals surface area contributed by atoms with Gasteiger partial charge in [-0.05, 0) is 35.2 Å². The molecule has 1 aromatic rings. The quantitative estimate of drug-likeness (QED) is 0.849. The van der Waals surface area contributed by atoms with Crippen LogP contribution in [-0.2, 0) is 0 Å². The van der Waals surface area contributed by atoms with E-state index in [9.17, 15) is 5.11 Å². The van der Waals surface area contributed by atoms with Gasteiger partial charge in [-0.1, -0.05) is 13.8 Å². The molecule has 0 aliphatic rings. The van der Waals surface area contributed by atoms with Gasteiger partial charge in [0.2, 0.25) is 0 Å². The summed E-state index contributed by atoms with van der Waals surface area (Å²) in [5, 5.41) is 14.1. The van der Waals surface area contributed by atoms with Gasteiger partial charge >= 0.3 is 0 Å². The van der Waals surface area contributed by atoms with Crippen LogP contribution in [0.15, 0.2) is 9.98 Å². The summed E-state index contributed by atoms with van der Waals surface area (Å²) in [6.07, 6.45) is 2.37. The number of aromatic nitrogens is 1. The minimum Gasteiger partial charge on any atom is -0.392 e. The number of rotatable bonds is 6. The molecule has 1 heterocycles. The molecule has 0 fully saturated rings. The van der Waals surface area contributed by atoms with Crippen molar-refractivity contribution in [1.82, 2.24) is 10.3 Å². The number of nitrogens with zero attached hydrogens (tertiary/aromatic N) is 1. The van der Waals surface area contributed by atoms with Crippen molar-refractivity contribution in [3.05, 3.63) is 15.0 Å². The molecular formula is C11H19BrN2OS. The van der Waals surface area contributed by atoms with E-state index in [2.05, 4.69) is 47.0 Å². The minimum atomic E-state index is -0.272. The molecule has 16 heavy (non-hydrogen) atoms. The van der Waals surface area contributed by atoms with Crippen LogP contribution in [-0.4, -0.2) is 22.7 Å². The lowest BCUT2D eigenvalue weighted by Crippen LogP contribution is -2.29. The fraction of sp³-hybridized carbons (Fsp3) is 0.727. The van der Waals surface area contributed by atoms with Gasteiger partial charge in [0.25, 0.3) is 0 Å². The van der Waals surface area contributed by atoms with Crippen molar-refractivity contribution in [2.24, 2.45) is 5.92 Å².